The third-order valence-corrected chi connectivity index (χ3v) is 2.76. The maximum absolute atomic E-state index is 11.8. The van der Waals surface area contributed by atoms with Crippen LogP contribution in [0.15, 0.2) is 18.2 Å². The minimum atomic E-state index is -0.677. The van der Waals surface area contributed by atoms with Crippen LogP contribution >= 0.6 is 11.6 Å². The summed E-state index contributed by atoms with van der Waals surface area (Å²) in [6.07, 6.45) is -0.677. The molecule has 1 N–H and O–H groups in total. The molecule has 0 aromatic heterocycles. The molecule has 102 valence electrons. The van der Waals surface area contributed by atoms with Gasteiger partial charge in [0.05, 0.1) is 5.02 Å². The van der Waals surface area contributed by atoms with Crippen molar-refractivity contribution in [3.63, 3.8) is 0 Å². The maximum Gasteiger partial charge on any atom is 0.260 e. The lowest BCUT2D eigenvalue weighted by atomic mass is 10.2. The van der Waals surface area contributed by atoms with Crippen molar-refractivity contribution in [1.29, 1.82) is 5.26 Å². The maximum atomic E-state index is 11.8. The minimum absolute atomic E-state index is 0.211. The Hall–Kier alpha value is -1.73. The summed E-state index contributed by atoms with van der Waals surface area (Å²) in [6.45, 7) is 6.25. The lowest BCUT2D eigenvalue weighted by Crippen LogP contribution is -2.38. The lowest BCUT2D eigenvalue weighted by molar-refractivity contribution is -0.127. The van der Waals surface area contributed by atoms with Gasteiger partial charge in [0.15, 0.2) is 6.10 Å². The molecule has 0 saturated heterocycles. The fourth-order valence-corrected chi connectivity index (χ4v) is 1.61. The largest absolute Gasteiger partial charge is 0.479 e. The number of rotatable bonds is 5. The fraction of sp³-hybridized carbons (Fsp3) is 0.429. The predicted octanol–water partition coefficient (Wildman–Crippen LogP) is 2.75. The predicted molar refractivity (Wildman–Crippen MR) is 74.1 cm³/mol. The van der Waals surface area contributed by atoms with Gasteiger partial charge in [-0.1, -0.05) is 31.5 Å². The first-order chi connectivity index (χ1) is 8.95. The molecule has 1 rings (SSSR count). The molecular weight excluding hydrogens is 264 g/mol. The van der Waals surface area contributed by atoms with Crippen LogP contribution in [0.2, 0.25) is 5.02 Å². The quantitative estimate of drug-likeness (QED) is 0.902. The summed E-state index contributed by atoms with van der Waals surface area (Å²) >= 11 is 5.89. The van der Waals surface area contributed by atoms with Gasteiger partial charge in [-0.15, -0.1) is 0 Å². The lowest BCUT2D eigenvalue weighted by Gasteiger charge is -2.16. The molecule has 0 spiro atoms. The third-order valence-electron chi connectivity index (χ3n) is 2.44. The average Bonchev–Trinajstić information content (AvgIpc) is 2.36. The van der Waals surface area contributed by atoms with Crippen LogP contribution in [0.3, 0.4) is 0 Å². The van der Waals surface area contributed by atoms with Crippen molar-refractivity contribution in [1.82, 2.24) is 5.32 Å². The Morgan fingerprint density at radius 1 is 1.47 bits per heavy atom. The normalized spacial score (nSPS) is 11.8. The van der Waals surface area contributed by atoms with Gasteiger partial charge in [0, 0.05) is 6.54 Å². The molecule has 0 radical (unpaired) electrons. The van der Waals surface area contributed by atoms with Gasteiger partial charge >= 0.3 is 0 Å². The van der Waals surface area contributed by atoms with Gasteiger partial charge in [-0.2, -0.15) is 5.26 Å². The molecule has 0 heterocycles. The van der Waals surface area contributed by atoms with Crippen molar-refractivity contribution in [2.75, 3.05) is 6.54 Å². The second-order valence-corrected chi connectivity index (χ2v) is 5.03. The monoisotopic (exact) mass is 280 g/mol. The molecule has 1 aromatic carbocycles. The van der Waals surface area contributed by atoms with E-state index in [-0.39, 0.29) is 11.5 Å². The molecule has 1 amide bonds. The molecule has 0 aliphatic rings. The first-order valence-electron chi connectivity index (χ1n) is 6.08. The Labute approximate surface area is 118 Å². The van der Waals surface area contributed by atoms with E-state index in [0.29, 0.717) is 23.2 Å². The number of amides is 1. The van der Waals surface area contributed by atoms with Crippen molar-refractivity contribution in [3.8, 4) is 11.8 Å². The van der Waals surface area contributed by atoms with Crippen LogP contribution in [0, 0.1) is 17.2 Å². The van der Waals surface area contributed by atoms with Crippen molar-refractivity contribution in [2.24, 2.45) is 5.92 Å². The van der Waals surface area contributed by atoms with Gasteiger partial charge in [0.1, 0.15) is 17.4 Å². The molecule has 4 nitrogen and oxygen atoms in total. The summed E-state index contributed by atoms with van der Waals surface area (Å²) < 4.78 is 5.49. The molecule has 0 fully saturated rings. The average molecular weight is 281 g/mol. The highest BCUT2D eigenvalue weighted by atomic mass is 35.5. The SMILES string of the molecule is CC(C)CNC(=O)C(C)Oc1cccc(Cl)c1C#N. The summed E-state index contributed by atoms with van der Waals surface area (Å²) in [5.41, 5.74) is 0.243. The van der Waals surface area contributed by atoms with Crippen LogP contribution in [-0.4, -0.2) is 18.6 Å². The van der Waals surface area contributed by atoms with Gasteiger partial charge in [0.2, 0.25) is 0 Å². The molecule has 1 aromatic rings. The summed E-state index contributed by atoms with van der Waals surface area (Å²) in [7, 11) is 0. The molecule has 5 heteroatoms. The standard InChI is InChI=1S/C14H17ClN2O2/c1-9(2)8-17-14(18)10(3)19-13-6-4-5-12(15)11(13)7-16/h4-6,9-10H,8H2,1-3H3,(H,17,18). The zero-order valence-corrected chi connectivity index (χ0v) is 12.0. The van der Waals surface area contributed by atoms with E-state index in [0.717, 1.165) is 0 Å². The Morgan fingerprint density at radius 3 is 2.74 bits per heavy atom. The van der Waals surface area contributed by atoms with E-state index in [9.17, 15) is 4.79 Å². The number of carbonyl (C=O) groups excluding carboxylic acids is 1. The Balaban J connectivity index is 2.72. The van der Waals surface area contributed by atoms with Crippen LogP contribution in [0.25, 0.3) is 0 Å². The van der Waals surface area contributed by atoms with Crippen LogP contribution in [0.1, 0.15) is 26.3 Å². The highest BCUT2D eigenvalue weighted by Crippen LogP contribution is 2.26. The van der Waals surface area contributed by atoms with E-state index in [1.54, 1.807) is 25.1 Å². The number of hydrogen-bond acceptors (Lipinski definition) is 3. The minimum Gasteiger partial charge on any atom is -0.479 e. The van der Waals surface area contributed by atoms with Crippen LogP contribution in [0.5, 0.6) is 5.75 Å². The zero-order valence-electron chi connectivity index (χ0n) is 11.2. The van der Waals surface area contributed by atoms with E-state index >= 15 is 0 Å². The summed E-state index contributed by atoms with van der Waals surface area (Å²) in [6, 6.07) is 6.88. The number of hydrogen-bond donors (Lipinski definition) is 1. The first kappa shape index (κ1) is 15.3. The third kappa shape index (κ3) is 4.46. The number of nitrogens with one attached hydrogen (secondary N) is 1. The van der Waals surface area contributed by atoms with Crippen molar-refractivity contribution >= 4 is 17.5 Å². The van der Waals surface area contributed by atoms with Gasteiger partial charge in [-0.25, -0.2) is 0 Å². The van der Waals surface area contributed by atoms with Crippen molar-refractivity contribution in [3.05, 3.63) is 28.8 Å². The highest BCUT2D eigenvalue weighted by molar-refractivity contribution is 6.31. The van der Waals surface area contributed by atoms with Gasteiger partial charge in [0.25, 0.3) is 5.91 Å². The highest BCUT2D eigenvalue weighted by Gasteiger charge is 2.17. The zero-order chi connectivity index (χ0) is 14.4. The molecule has 0 bridgehead atoms. The van der Waals surface area contributed by atoms with Gasteiger partial charge < -0.3 is 10.1 Å². The molecule has 1 unspecified atom stereocenters. The van der Waals surface area contributed by atoms with E-state index in [1.165, 1.54) is 0 Å². The number of carbonyl (C=O) groups is 1. The number of nitriles is 1. The van der Waals surface area contributed by atoms with Gasteiger partial charge in [-0.05, 0) is 25.0 Å². The van der Waals surface area contributed by atoms with Crippen LogP contribution < -0.4 is 10.1 Å². The second-order valence-electron chi connectivity index (χ2n) is 4.62. The number of benzene rings is 1. The topological polar surface area (TPSA) is 62.1 Å². The summed E-state index contributed by atoms with van der Waals surface area (Å²) in [5, 5.41) is 12.1. The Morgan fingerprint density at radius 2 is 2.16 bits per heavy atom. The van der Waals surface area contributed by atoms with Crippen LogP contribution in [0.4, 0.5) is 0 Å². The van der Waals surface area contributed by atoms with E-state index in [2.05, 4.69) is 5.32 Å². The smallest absolute Gasteiger partial charge is 0.260 e. The van der Waals surface area contributed by atoms with Crippen molar-refractivity contribution in [2.45, 2.75) is 26.9 Å². The van der Waals surface area contributed by atoms with E-state index < -0.39 is 6.10 Å². The molecule has 0 saturated carbocycles. The Bertz CT molecular complexity index is 495. The fourth-order valence-electron chi connectivity index (χ4n) is 1.40. The molecule has 1 atom stereocenters. The molecule has 0 aliphatic carbocycles. The second kappa shape index (κ2) is 7.01. The molecule has 0 aliphatic heterocycles. The van der Waals surface area contributed by atoms with Gasteiger partial charge in [-0.3, -0.25) is 4.79 Å². The molecule has 19 heavy (non-hydrogen) atoms. The Kier molecular flexibility index (Phi) is 5.65. The molecular formula is C14H17ClN2O2. The summed E-state index contributed by atoms with van der Waals surface area (Å²) in [5.74, 6) is 0.483. The van der Waals surface area contributed by atoms with Crippen LogP contribution in [-0.2, 0) is 4.79 Å². The first-order valence-corrected chi connectivity index (χ1v) is 6.46. The van der Waals surface area contributed by atoms with E-state index in [4.69, 9.17) is 21.6 Å². The van der Waals surface area contributed by atoms with E-state index in [1.807, 2.05) is 19.9 Å². The summed E-state index contributed by atoms with van der Waals surface area (Å²) in [4.78, 5) is 11.8. The van der Waals surface area contributed by atoms with Crippen molar-refractivity contribution < 1.29 is 9.53 Å². The number of halogens is 1. The number of nitrogens with zero attached hydrogens (tertiary/aromatic N) is 1. The number of ether oxygens (including phenoxy) is 1.